The highest BCUT2D eigenvalue weighted by molar-refractivity contribution is 6.31. The second kappa shape index (κ2) is 4.40. The third kappa shape index (κ3) is 1.96. The number of aromatic nitrogens is 1. The summed E-state index contributed by atoms with van der Waals surface area (Å²) in [6.07, 6.45) is 3.11. The molecule has 19 heavy (non-hydrogen) atoms. The van der Waals surface area contributed by atoms with Crippen LogP contribution in [0.4, 0.5) is 0 Å². The topological polar surface area (TPSA) is 63.3 Å². The summed E-state index contributed by atoms with van der Waals surface area (Å²) < 4.78 is 5.57. The van der Waals surface area contributed by atoms with E-state index in [9.17, 15) is 9.90 Å². The molecule has 4 nitrogen and oxygen atoms in total. The SMILES string of the molecule is O=c1c(O)c(-c2cccnc2)oc2ccc(Cl)cc12. The fraction of sp³-hybridized carbons (Fsp3) is 0. The molecule has 0 aliphatic rings. The molecule has 0 atom stereocenters. The quantitative estimate of drug-likeness (QED) is 0.739. The van der Waals surface area contributed by atoms with Crippen molar-refractivity contribution >= 4 is 22.6 Å². The van der Waals surface area contributed by atoms with E-state index >= 15 is 0 Å². The number of nitrogens with zero attached hydrogens (tertiary/aromatic N) is 1. The van der Waals surface area contributed by atoms with Gasteiger partial charge in [-0.1, -0.05) is 11.6 Å². The summed E-state index contributed by atoms with van der Waals surface area (Å²) in [5.74, 6) is -0.337. The maximum Gasteiger partial charge on any atom is 0.235 e. The van der Waals surface area contributed by atoms with Crippen molar-refractivity contribution in [3.8, 4) is 17.1 Å². The third-order valence-electron chi connectivity index (χ3n) is 2.75. The second-order valence-corrected chi connectivity index (χ2v) is 4.43. The fourth-order valence-corrected chi connectivity index (χ4v) is 2.02. The van der Waals surface area contributed by atoms with Crippen molar-refractivity contribution in [1.29, 1.82) is 0 Å². The maximum absolute atomic E-state index is 12.1. The average molecular weight is 274 g/mol. The Labute approximate surface area is 112 Å². The number of benzene rings is 1. The zero-order chi connectivity index (χ0) is 13.4. The Balaban J connectivity index is 2.37. The summed E-state index contributed by atoms with van der Waals surface area (Å²) in [5, 5.41) is 10.6. The Morgan fingerprint density at radius 1 is 1.26 bits per heavy atom. The Morgan fingerprint density at radius 3 is 2.84 bits per heavy atom. The lowest BCUT2D eigenvalue weighted by Gasteiger charge is -2.05. The molecule has 0 amide bonds. The van der Waals surface area contributed by atoms with Crippen molar-refractivity contribution in [2.45, 2.75) is 0 Å². The summed E-state index contributed by atoms with van der Waals surface area (Å²) in [4.78, 5) is 16.0. The van der Waals surface area contributed by atoms with Crippen LogP contribution >= 0.6 is 11.6 Å². The second-order valence-electron chi connectivity index (χ2n) is 3.99. The summed E-state index contributed by atoms with van der Waals surface area (Å²) in [6.45, 7) is 0. The van der Waals surface area contributed by atoms with E-state index in [1.165, 1.54) is 12.3 Å². The maximum atomic E-state index is 12.1. The van der Waals surface area contributed by atoms with Crippen LogP contribution in [0.15, 0.2) is 51.9 Å². The first-order chi connectivity index (χ1) is 9.16. The summed E-state index contributed by atoms with van der Waals surface area (Å²) >= 11 is 5.83. The standard InChI is InChI=1S/C14H8ClNO3/c15-9-3-4-11-10(6-9)12(17)13(18)14(19-11)8-2-1-5-16-7-8/h1-7,18H. The minimum atomic E-state index is -0.511. The van der Waals surface area contributed by atoms with E-state index in [2.05, 4.69) is 4.98 Å². The minimum absolute atomic E-state index is 0.105. The first-order valence-corrected chi connectivity index (χ1v) is 5.90. The van der Waals surface area contributed by atoms with Gasteiger partial charge in [0.1, 0.15) is 5.58 Å². The normalized spacial score (nSPS) is 10.8. The smallest absolute Gasteiger partial charge is 0.235 e. The molecule has 0 aliphatic heterocycles. The van der Waals surface area contributed by atoms with Gasteiger partial charge in [-0.3, -0.25) is 9.78 Å². The lowest BCUT2D eigenvalue weighted by Crippen LogP contribution is -2.02. The highest BCUT2D eigenvalue weighted by Gasteiger charge is 2.15. The van der Waals surface area contributed by atoms with E-state index in [4.69, 9.17) is 16.0 Å². The van der Waals surface area contributed by atoms with Gasteiger partial charge >= 0.3 is 0 Å². The van der Waals surface area contributed by atoms with Crippen LogP contribution < -0.4 is 5.43 Å². The van der Waals surface area contributed by atoms with Gasteiger partial charge in [-0.2, -0.15) is 0 Å². The third-order valence-corrected chi connectivity index (χ3v) is 2.99. The molecule has 0 aliphatic carbocycles. The van der Waals surface area contributed by atoms with E-state index in [-0.39, 0.29) is 11.1 Å². The predicted octanol–water partition coefficient (Wildman–Crippen LogP) is 3.21. The van der Waals surface area contributed by atoms with Crippen LogP contribution in [0.25, 0.3) is 22.3 Å². The molecule has 3 rings (SSSR count). The van der Waals surface area contributed by atoms with Gasteiger partial charge in [0, 0.05) is 23.0 Å². The minimum Gasteiger partial charge on any atom is -0.502 e. The van der Waals surface area contributed by atoms with Crippen molar-refractivity contribution in [3.05, 3.63) is 58.0 Å². The Kier molecular flexibility index (Phi) is 2.72. The first-order valence-electron chi connectivity index (χ1n) is 5.52. The fourth-order valence-electron chi connectivity index (χ4n) is 1.85. The Bertz CT molecular complexity index is 812. The van der Waals surface area contributed by atoms with Crippen molar-refractivity contribution < 1.29 is 9.52 Å². The van der Waals surface area contributed by atoms with Crippen LogP contribution in [0.3, 0.4) is 0 Å². The van der Waals surface area contributed by atoms with E-state index < -0.39 is 11.2 Å². The van der Waals surface area contributed by atoms with Crippen LogP contribution in [0.2, 0.25) is 5.02 Å². The molecule has 0 spiro atoms. The zero-order valence-corrected chi connectivity index (χ0v) is 10.4. The summed E-state index contributed by atoms with van der Waals surface area (Å²) in [5.41, 5.74) is 0.391. The van der Waals surface area contributed by atoms with Gasteiger partial charge in [-0.05, 0) is 30.3 Å². The number of pyridine rings is 1. The van der Waals surface area contributed by atoms with Crippen LogP contribution in [0.1, 0.15) is 0 Å². The van der Waals surface area contributed by atoms with Crippen molar-refractivity contribution in [2.75, 3.05) is 0 Å². The van der Waals surface area contributed by atoms with Gasteiger partial charge in [0.15, 0.2) is 5.76 Å². The monoisotopic (exact) mass is 273 g/mol. The molecule has 5 heteroatoms. The highest BCUT2D eigenvalue weighted by atomic mass is 35.5. The highest BCUT2D eigenvalue weighted by Crippen LogP contribution is 2.30. The largest absolute Gasteiger partial charge is 0.502 e. The molecule has 0 bridgehead atoms. The van der Waals surface area contributed by atoms with E-state index in [0.717, 1.165) is 0 Å². The lowest BCUT2D eigenvalue weighted by atomic mass is 10.1. The van der Waals surface area contributed by atoms with Crippen molar-refractivity contribution in [3.63, 3.8) is 0 Å². The van der Waals surface area contributed by atoms with Gasteiger partial charge in [0.25, 0.3) is 0 Å². The van der Waals surface area contributed by atoms with Gasteiger partial charge in [-0.15, -0.1) is 0 Å². The Morgan fingerprint density at radius 2 is 2.11 bits per heavy atom. The molecule has 0 unspecified atom stereocenters. The average Bonchev–Trinajstić information content (AvgIpc) is 2.44. The molecule has 3 aromatic rings. The molecule has 94 valence electrons. The number of halogens is 1. The van der Waals surface area contributed by atoms with Gasteiger partial charge in [0.2, 0.25) is 11.2 Å². The van der Waals surface area contributed by atoms with Crippen LogP contribution in [0.5, 0.6) is 5.75 Å². The van der Waals surface area contributed by atoms with Gasteiger partial charge in [0.05, 0.1) is 5.39 Å². The van der Waals surface area contributed by atoms with Gasteiger partial charge in [-0.25, -0.2) is 0 Å². The molecule has 0 saturated heterocycles. The molecule has 2 aromatic heterocycles. The molecule has 0 saturated carbocycles. The van der Waals surface area contributed by atoms with E-state index in [1.807, 2.05) is 0 Å². The number of fused-ring (bicyclic) bond motifs is 1. The van der Waals surface area contributed by atoms with Crippen LogP contribution in [-0.4, -0.2) is 10.1 Å². The zero-order valence-electron chi connectivity index (χ0n) is 9.63. The first kappa shape index (κ1) is 11.7. The summed E-state index contributed by atoms with van der Waals surface area (Å²) in [7, 11) is 0. The van der Waals surface area contributed by atoms with Crippen LogP contribution in [-0.2, 0) is 0 Å². The van der Waals surface area contributed by atoms with E-state index in [1.54, 1.807) is 30.5 Å². The number of rotatable bonds is 1. The molecule has 0 radical (unpaired) electrons. The van der Waals surface area contributed by atoms with Crippen LogP contribution in [0, 0.1) is 0 Å². The molecule has 0 fully saturated rings. The number of hydrogen-bond acceptors (Lipinski definition) is 4. The van der Waals surface area contributed by atoms with E-state index in [0.29, 0.717) is 16.2 Å². The predicted molar refractivity (Wildman–Crippen MR) is 72.4 cm³/mol. The molecule has 2 heterocycles. The van der Waals surface area contributed by atoms with Crippen molar-refractivity contribution in [2.24, 2.45) is 0 Å². The van der Waals surface area contributed by atoms with Crippen molar-refractivity contribution in [1.82, 2.24) is 4.98 Å². The Hall–Kier alpha value is -2.33. The molecule has 1 aromatic carbocycles. The molecular weight excluding hydrogens is 266 g/mol. The van der Waals surface area contributed by atoms with Gasteiger partial charge < -0.3 is 9.52 Å². The molecular formula is C14H8ClNO3. The summed E-state index contributed by atoms with van der Waals surface area (Å²) in [6, 6.07) is 8.08. The number of aromatic hydroxyl groups is 1. The number of hydrogen-bond donors (Lipinski definition) is 1. The molecule has 1 N–H and O–H groups in total. The lowest BCUT2D eigenvalue weighted by molar-refractivity contribution is 0.449.